The lowest BCUT2D eigenvalue weighted by atomic mass is 9.68. The Labute approximate surface area is 159 Å². The summed E-state index contributed by atoms with van der Waals surface area (Å²) >= 11 is 0. The lowest BCUT2D eigenvalue weighted by Crippen LogP contribution is -2.58. The third-order valence-corrected chi connectivity index (χ3v) is 5.97. The van der Waals surface area contributed by atoms with Gasteiger partial charge in [0.2, 0.25) is 0 Å². The standard InChI is InChI=1S/C22H24N4O/c1-2-6-16(7-3-1)14-27-22-18-9-4-8-17(18)21(22)25-19-10-5-11-20(24-19)26-13-12-23-15-26/h1-3,5-7,10-13,15,17-18,21-22H,4,8-9,14H2,(H,24,25)/t17-,18+,21-,22+/m1/s1. The molecule has 0 amide bonds. The molecule has 0 aliphatic heterocycles. The van der Waals surface area contributed by atoms with Gasteiger partial charge >= 0.3 is 0 Å². The molecule has 0 spiro atoms. The molecule has 27 heavy (non-hydrogen) atoms. The van der Waals surface area contributed by atoms with E-state index in [0.29, 0.717) is 24.5 Å². The Balaban J connectivity index is 1.30. The van der Waals surface area contributed by atoms with Crippen LogP contribution in [0.1, 0.15) is 24.8 Å². The summed E-state index contributed by atoms with van der Waals surface area (Å²) in [5, 5.41) is 3.67. The summed E-state index contributed by atoms with van der Waals surface area (Å²) < 4.78 is 8.28. The van der Waals surface area contributed by atoms with Gasteiger partial charge in [-0.3, -0.25) is 4.57 Å². The van der Waals surface area contributed by atoms with Crippen LogP contribution >= 0.6 is 0 Å². The number of hydrogen-bond donors (Lipinski definition) is 1. The fourth-order valence-corrected chi connectivity index (χ4v) is 4.63. The van der Waals surface area contributed by atoms with Crippen LogP contribution in [0.4, 0.5) is 5.82 Å². The number of nitrogens with one attached hydrogen (secondary N) is 1. The van der Waals surface area contributed by atoms with Gasteiger partial charge in [0.1, 0.15) is 18.0 Å². The van der Waals surface area contributed by atoms with Crippen LogP contribution in [-0.2, 0) is 11.3 Å². The molecular weight excluding hydrogens is 336 g/mol. The first kappa shape index (κ1) is 16.5. The zero-order valence-corrected chi connectivity index (χ0v) is 15.2. The maximum atomic E-state index is 6.36. The van der Waals surface area contributed by atoms with Gasteiger partial charge in [-0.1, -0.05) is 42.8 Å². The highest BCUT2D eigenvalue weighted by molar-refractivity contribution is 5.42. The van der Waals surface area contributed by atoms with Crippen molar-refractivity contribution in [1.82, 2.24) is 14.5 Å². The molecule has 0 saturated heterocycles. The van der Waals surface area contributed by atoms with E-state index in [1.54, 1.807) is 12.5 Å². The van der Waals surface area contributed by atoms with Gasteiger partial charge in [-0.15, -0.1) is 0 Å². The Morgan fingerprint density at radius 1 is 1.04 bits per heavy atom. The van der Waals surface area contributed by atoms with Crippen molar-refractivity contribution in [3.63, 3.8) is 0 Å². The van der Waals surface area contributed by atoms with Crippen molar-refractivity contribution in [2.24, 2.45) is 11.8 Å². The quantitative estimate of drug-likeness (QED) is 0.720. The minimum absolute atomic E-state index is 0.261. The van der Waals surface area contributed by atoms with E-state index in [1.807, 2.05) is 35.0 Å². The third-order valence-electron chi connectivity index (χ3n) is 5.97. The predicted octanol–water partition coefficient (Wildman–Crippen LogP) is 4.06. The molecule has 3 aromatic rings. The van der Waals surface area contributed by atoms with Crippen LogP contribution in [0.25, 0.3) is 5.82 Å². The highest BCUT2D eigenvalue weighted by Crippen LogP contribution is 2.49. The van der Waals surface area contributed by atoms with Crippen molar-refractivity contribution in [2.75, 3.05) is 5.32 Å². The van der Waals surface area contributed by atoms with Crippen molar-refractivity contribution in [2.45, 2.75) is 38.0 Å². The molecule has 2 saturated carbocycles. The van der Waals surface area contributed by atoms with Gasteiger partial charge in [-0.05, 0) is 42.4 Å². The number of nitrogens with zero attached hydrogens (tertiary/aromatic N) is 3. The fourth-order valence-electron chi connectivity index (χ4n) is 4.63. The minimum atomic E-state index is 0.261. The first-order valence-electron chi connectivity index (χ1n) is 9.76. The Hall–Kier alpha value is -2.66. The predicted molar refractivity (Wildman–Crippen MR) is 105 cm³/mol. The maximum Gasteiger partial charge on any atom is 0.140 e. The number of rotatable bonds is 6. The zero-order chi connectivity index (χ0) is 18.1. The number of pyridine rings is 1. The number of hydrogen-bond acceptors (Lipinski definition) is 4. The number of ether oxygens (including phenoxy) is 1. The molecule has 0 bridgehead atoms. The molecule has 5 heteroatoms. The highest BCUT2D eigenvalue weighted by Gasteiger charge is 2.53. The molecule has 138 valence electrons. The lowest BCUT2D eigenvalue weighted by molar-refractivity contribution is -0.0929. The van der Waals surface area contributed by atoms with Gasteiger partial charge in [-0.2, -0.15) is 0 Å². The minimum Gasteiger partial charge on any atom is -0.371 e. The SMILES string of the molecule is c1ccc(CO[C@H]2[C@H]3CCC[C@H]3[C@H]2Nc2cccc(-n3ccnc3)n2)cc1. The number of benzene rings is 1. The summed E-state index contributed by atoms with van der Waals surface area (Å²) in [7, 11) is 0. The van der Waals surface area contributed by atoms with E-state index in [2.05, 4.69) is 34.6 Å². The molecule has 1 N–H and O–H groups in total. The van der Waals surface area contributed by atoms with Crippen LogP contribution in [-0.4, -0.2) is 26.7 Å². The number of anilines is 1. The Bertz CT molecular complexity index is 880. The Kier molecular flexibility index (Phi) is 4.38. The molecule has 2 fully saturated rings. The van der Waals surface area contributed by atoms with Crippen LogP contribution in [0.3, 0.4) is 0 Å². The Morgan fingerprint density at radius 3 is 2.78 bits per heavy atom. The molecule has 4 atom stereocenters. The normalized spacial score (nSPS) is 26.4. The molecule has 0 unspecified atom stereocenters. The zero-order valence-electron chi connectivity index (χ0n) is 15.2. The van der Waals surface area contributed by atoms with Gasteiger partial charge in [0.25, 0.3) is 0 Å². The molecule has 2 heterocycles. The van der Waals surface area contributed by atoms with Gasteiger partial charge in [0.15, 0.2) is 0 Å². The topological polar surface area (TPSA) is 52.0 Å². The van der Waals surface area contributed by atoms with E-state index in [0.717, 1.165) is 11.6 Å². The summed E-state index contributed by atoms with van der Waals surface area (Å²) in [6, 6.07) is 16.8. The van der Waals surface area contributed by atoms with Crippen molar-refractivity contribution in [1.29, 1.82) is 0 Å². The molecule has 0 radical (unpaired) electrons. The average molecular weight is 360 g/mol. The maximum absolute atomic E-state index is 6.36. The van der Waals surface area contributed by atoms with E-state index >= 15 is 0 Å². The second-order valence-corrected chi connectivity index (χ2v) is 7.54. The largest absolute Gasteiger partial charge is 0.371 e. The molecule has 5 nitrogen and oxygen atoms in total. The number of imidazole rings is 1. The van der Waals surface area contributed by atoms with E-state index in [9.17, 15) is 0 Å². The first-order valence-corrected chi connectivity index (χ1v) is 9.76. The monoisotopic (exact) mass is 360 g/mol. The van der Waals surface area contributed by atoms with Crippen LogP contribution in [0, 0.1) is 11.8 Å². The lowest BCUT2D eigenvalue weighted by Gasteiger charge is -2.49. The third kappa shape index (κ3) is 3.23. The first-order chi connectivity index (χ1) is 13.4. The van der Waals surface area contributed by atoms with E-state index in [1.165, 1.54) is 24.8 Å². The van der Waals surface area contributed by atoms with Gasteiger partial charge in [0, 0.05) is 12.4 Å². The van der Waals surface area contributed by atoms with E-state index in [-0.39, 0.29) is 6.10 Å². The van der Waals surface area contributed by atoms with Crippen LogP contribution in [0.15, 0.2) is 67.3 Å². The molecule has 2 aromatic heterocycles. The molecule has 2 aliphatic carbocycles. The highest BCUT2D eigenvalue weighted by atomic mass is 16.5. The second kappa shape index (κ2) is 7.16. The average Bonchev–Trinajstić information content (AvgIpc) is 3.38. The van der Waals surface area contributed by atoms with E-state index in [4.69, 9.17) is 9.72 Å². The molecule has 1 aromatic carbocycles. The molecule has 2 aliphatic rings. The summed E-state index contributed by atoms with van der Waals surface area (Å²) in [4.78, 5) is 8.87. The van der Waals surface area contributed by atoms with Crippen molar-refractivity contribution in [3.8, 4) is 5.82 Å². The summed E-state index contributed by atoms with van der Waals surface area (Å²) in [6.45, 7) is 0.676. The number of aromatic nitrogens is 3. The smallest absolute Gasteiger partial charge is 0.140 e. The van der Waals surface area contributed by atoms with Crippen molar-refractivity contribution >= 4 is 5.82 Å². The van der Waals surface area contributed by atoms with Crippen LogP contribution in [0.5, 0.6) is 0 Å². The fraction of sp³-hybridized carbons (Fsp3) is 0.364. The summed E-state index contributed by atoms with van der Waals surface area (Å²) in [5.41, 5.74) is 1.23. The van der Waals surface area contributed by atoms with Crippen molar-refractivity contribution < 1.29 is 4.74 Å². The van der Waals surface area contributed by atoms with Crippen LogP contribution in [0.2, 0.25) is 0 Å². The molecular formula is C22H24N4O. The summed E-state index contributed by atoms with van der Waals surface area (Å²) in [6.07, 6.45) is 9.59. The van der Waals surface area contributed by atoms with E-state index < -0.39 is 0 Å². The number of fused-ring (bicyclic) bond motifs is 1. The van der Waals surface area contributed by atoms with Crippen LogP contribution < -0.4 is 5.32 Å². The summed E-state index contributed by atoms with van der Waals surface area (Å²) in [5.74, 6) is 3.17. The van der Waals surface area contributed by atoms with Crippen molar-refractivity contribution in [3.05, 3.63) is 72.8 Å². The van der Waals surface area contributed by atoms with Gasteiger partial charge in [-0.25, -0.2) is 9.97 Å². The Morgan fingerprint density at radius 2 is 1.93 bits per heavy atom. The van der Waals surface area contributed by atoms with Gasteiger partial charge < -0.3 is 10.1 Å². The van der Waals surface area contributed by atoms with Gasteiger partial charge in [0.05, 0.1) is 18.8 Å². The molecule has 5 rings (SSSR count). The second-order valence-electron chi connectivity index (χ2n) is 7.54.